The third kappa shape index (κ3) is 9.06. The number of amides is 2. The molecule has 0 bridgehead atoms. The van der Waals surface area contributed by atoms with E-state index < -0.39 is 18.2 Å². The first-order valence-electron chi connectivity index (χ1n) is 12.5. The van der Waals surface area contributed by atoms with Crippen LogP contribution in [0.15, 0.2) is 24.3 Å². The number of nitrogens with two attached hydrogens (primary N) is 1. The average Bonchev–Trinajstić information content (AvgIpc) is 2.77. The smallest absolute Gasteiger partial charge is 0.407 e. The topological polar surface area (TPSA) is 108 Å². The Kier molecular flexibility index (Phi) is 13.0. The Morgan fingerprint density at radius 2 is 1.94 bits per heavy atom. The Hall–Kier alpha value is -1.58. The molecular formula is C26H44Cl2N4O4. The van der Waals surface area contributed by atoms with Crippen molar-refractivity contribution in [2.75, 3.05) is 38.2 Å². The first kappa shape index (κ1) is 32.4. The summed E-state index contributed by atoms with van der Waals surface area (Å²) in [7, 11) is 1.33. The van der Waals surface area contributed by atoms with E-state index in [9.17, 15) is 14.7 Å². The van der Waals surface area contributed by atoms with E-state index in [-0.39, 0.29) is 42.2 Å². The maximum atomic E-state index is 13.5. The van der Waals surface area contributed by atoms with E-state index in [2.05, 4.69) is 17.1 Å². The zero-order valence-corrected chi connectivity index (χ0v) is 23.6. The number of carbonyl (C=O) groups excluding carboxylic acids is 2. The monoisotopic (exact) mass is 546 g/mol. The molecule has 1 saturated heterocycles. The number of likely N-dealkylation sites (tertiary alicyclic amines) is 1. The molecule has 206 valence electrons. The van der Waals surface area contributed by atoms with Gasteiger partial charge in [-0.1, -0.05) is 39.0 Å². The Morgan fingerprint density at radius 1 is 1.25 bits per heavy atom. The third-order valence-electron chi connectivity index (χ3n) is 7.06. The van der Waals surface area contributed by atoms with Crippen LogP contribution in [0.5, 0.6) is 0 Å². The minimum Gasteiger partial charge on any atom is -0.453 e. The summed E-state index contributed by atoms with van der Waals surface area (Å²) in [5, 5.41) is 13.6. The van der Waals surface area contributed by atoms with Gasteiger partial charge in [0.25, 0.3) is 0 Å². The number of β-amino-alcohol motifs (C(OH)–C–C–N with tert-alkyl or cyclic N) is 1. The first-order valence-corrected chi connectivity index (χ1v) is 12.5. The average molecular weight is 548 g/mol. The Morgan fingerprint density at radius 3 is 2.61 bits per heavy atom. The molecule has 0 radical (unpaired) electrons. The Labute approximate surface area is 228 Å². The van der Waals surface area contributed by atoms with E-state index in [0.29, 0.717) is 38.3 Å². The molecule has 0 spiro atoms. The van der Waals surface area contributed by atoms with Crippen LogP contribution in [0.1, 0.15) is 52.0 Å². The van der Waals surface area contributed by atoms with E-state index in [1.165, 1.54) is 13.5 Å². The maximum Gasteiger partial charge on any atom is 0.407 e. The number of aliphatic hydroxyl groups excluding tert-OH is 1. The molecule has 2 aliphatic heterocycles. The molecule has 0 aliphatic carbocycles. The van der Waals surface area contributed by atoms with Gasteiger partial charge in [0.2, 0.25) is 5.91 Å². The molecule has 4 N–H and O–H groups in total. The molecule has 4 atom stereocenters. The number of aliphatic hydroxyl groups is 1. The predicted octanol–water partition coefficient (Wildman–Crippen LogP) is 3.37. The van der Waals surface area contributed by atoms with Gasteiger partial charge in [-0.05, 0) is 55.2 Å². The van der Waals surface area contributed by atoms with E-state index in [1.54, 1.807) is 4.90 Å². The highest BCUT2D eigenvalue weighted by Crippen LogP contribution is 2.33. The molecule has 1 aromatic carbocycles. The number of methoxy groups -OCH3 is 1. The molecule has 1 fully saturated rings. The zero-order valence-electron chi connectivity index (χ0n) is 21.9. The molecule has 10 heteroatoms. The molecule has 2 amide bonds. The van der Waals surface area contributed by atoms with Gasteiger partial charge in [0.15, 0.2) is 0 Å². The molecule has 3 rings (SSSR count). The summed E-state index contributed by atoms with van der Waals surface area (Å²) in [5.41, 5.74) is 7.93. The molecular weight excluding hydrogens is 503 g/mol. The first-order chi connectivity index (χ1) is 16.1. The van der Waals surface area contributed by atoms with Crippen molar-refractivity contribution in [3.05, 3.63) is 29.8 Å². The van der Waals surface area contributed by atoms with Gasteiger partial charge in [-0.3, -0.25) is 4.79 Å². The van der Waals surface area contributed by atoms with Crippen molar-refractivity contribution < 1.29 is 19.4 Å². The largest absolute Gasteiger partial charge is 0.453 e. The van der Waals surface area contributed by atoms with Gasteiger partial charge in [0, 0.05) is 37.8 Å². The highest BCUT2D eigenvalue weighted by molar-refractivity contribution is 5.95. The predicted molar refractivity (Wildman–Crippen MR) is 148 cm³/mol. The van der Waals surface area contributed by atoms with E-state index in [0.717, 1.165) is 30.8 Å². The van der Waals surface area contributed by atoms with Crippen LogP contribution in [-0.2, 0) is 16.0 Å². The number of rotatable bonds is 8. The molecule has 0 aromatic heterocycles. The number of fused-ring (bicyclic) bond motifs is 1. The molecule has 8 nitrogen and oxygen atoms in total. The van der Waals surface area contributed by atoms with Crippen molar-refractivity contribution >= 4 is 42.5 Å². The van der Waals surface area contributed by atoms with Crippen LogP contribution in [0, 0.1) is 11.3 Å². The highest BCUT2D eigenvalue weighted by Gasteiger charge is 2.34. The highest BCUT2D eigenvalue weighted by atomic mass is 35.5. The minimum absolute atomic E-state index is 0. The summed E-state index contributed by atoms with van der Waals surface area (Å²) in [6, 6.07) is 7.18. The number of anilines is 1. The van der Waals surface area contributed by atoms with Crippen molar-refractivity contribution in [2.45, 2.75) is 71.1 Å². The van der Waals surface area contributed by atoms with Crippen LogP contribution < -0.4 is 16.0 Å². The molecule has 2 unspecified atom stereocenters. The second-order valence-corrected chi connectivity index (χ2v) is 11.0. The van der Waals surface area contributed by atoms with E-state index in [1.807, 2.05) is 38.1 Å². The van der Waals surface area contributed by atoms with Crippen LogP contribution in [0.4, 0.5) is 10.5 Å². The minimum atomic E-state index is -0.621. The number of piperidine rings is 1. The summed E-state index contributed by atoms with van der Waals surface area (Å²) >= 11 is 0. The number of hydrogen-bond donors (Lipinski definition) is 3. The fraction of sp³-hybridized carbons (Fsp3) is 0.692. The zero-order chi connectivity index (χ0) is 24.9. The van der Waals surface area contributed by atoms with Crippen molar-refractivity contribution in [1.82, 2.24) is 10.2 Å². The lowest BCUT2D eigenvalue weighted by Crippen LogP contribution is -2.51. The molecule has 0 saturated carbocycles. The van der Waals surface area contributed by atoms with Crippen LogP contribution in [0.3, 0.4) is 0 Å². The summed E-state index contributed by atoms with van der Waals surface area (Å²) in [5.74, 6) is 0.636. The number of nitrogens with zero attached hydrogens (tertiary/aromatic N) is 2. The van der Waals surface area contributed by atoms with Gasteiger partial charge >= 0.3 is 6.09 Å². The Balaban J connectivity index is 0.00000324. The quantitative estimate of drug-likeness (QED) is 0.461. The van der Waals surface area contributed by atoms with Gasteiger partial charge in [-0.15, -0.1) is 24.8 Å². The van der Waals surface area contributed by atoms with Crippen molar-refractivity contribution in [3.63, 3.8) is 0 Å². The van der Waals surface area contributed by atoms with Crippen molar-refractivity contribution in [1.29, 1.82) is 0 Å². The van der Waals surface area contributed by atoms with E-state index >= 15 is 0 Å². The number of hydrogen-bond acceptors (Lipinski definition) is 6. The number of nitrogens with one attached hydrogen (secondary N) is 1. The Bertz CT molecular complexity index is 857. The van der Waals surface area contributed by atoms with Crippen molar-refractivity contribution in [2.24, 2.45) is 17.1 Å². The lowest BCUT2D eigenvalue weighted by molar-refractivity contribution is -0.120. The normalized spacial score (nSPS) is 21.8. The molecule has 36 heavy (non-hydrogen) atoms. The molecule has 2 heterocycles. The summed E-state index contributed by atoms with van der Waals surface area (Å²) in [4.78, 5) is 29.3. The number of alkyl carbamates (subject to hydrolysis) is 1. The third-order valence-corrected chi connectivity index (χ3v) is 7.06. The number of ether oxygens (including phenoxy) is 1. The van der Waals surface area contributed by atoms with Crippen LogP contribution in [-0.4, -0.2) is 73.5 Å². The van der Waals surface area contributed by atoms with E-state index in [4.69, 9.17) is 10.5 Å². The van der Waals surface area contributed by atoms with Gasteiger partial charge in [0.05, 0.1) is 19.3 Å². The van der Waals surface area contributed by atoms with Crippen LogP contribution in [0.2, 0.25) is 0 Å². The fourth-order valence-electron chi connectivity index (χ4n) is 5.36. The van der Waals surface area contributed by atoms with Crippen LogP contribution in [0.25, 0.3) is 0 Å². The van der Waals surface area contributed by atoms with Crippen molar-refractivity contribution in [3.8, 4) is 0 Å². The molecule has 1 aromatic rings. The summed E-state index contributed by atoms with van der Waals surface area (Å²) in [6.45, 7) is 9.28. The van der Waals surface area contributed by atoms with Gasteiger partial charge in [0.1, 0.15) is 0 Å². The second-order valence-electron chi connectivity index (χ2n) is 11.0. The fourth-order valence-corrected chi connectivity index (χ4v) is 5.36. The second kappa shape index (κ2) is 14.4. The number of carbonyl (C=O) groups is 2. The van der Waals surface area contributed by atoms with Crippen LogP contribution >= 0.6 is 24.8 Å². The lowest BCUT2D eigenvalue weighted by atomic mass is 9.80. The van der Waals surface area contributed by atoms with Gasteiger partial charge in [-0.25, -0.2) is 4.79 Å². The molecule has 2 aliphatic rings. The number of benzene rings is 1. The number of halogens is 2. The summed E-state index contributed by atoms with van der Waals surface area (Å²) in [6.07, 6.45) is 2.76. The SMILES string of the molecule is COC(=O)NC1Cc2ccccc2N(C(=O)CC(C)(C)C[C@H](N)[C@@H](O)CN2CCCC(C)C2)C1.Cl.Cl. The lowest BCUT2D eigenvalue weighted by Gasteiger charge is -2.38. The van der Waals surface area contributed by atoms with Gasteiger partial charge in [-0.2, -0.15) is 0 Å². The maximum absolute atomic E-state index is 13.5. The van der Waals surface area contributed by atoms with Gasteiger partial charge < -0.3 is 30.7 Å². The number of para-hydroxylation sites is 1. The summed E-state index contributed by atoms with van der Waals surface area (Å²) < 4.78 is 4.75. The standard InChI is InChI=1S/C26H42N4O4.2ClH/c1-18-8-7-11-29(15-18)17-23(31)21(27)13-26(2,3)14-24(32)30-16-20(28-25(33)34-4)12-19-9-5-6-10-22(19)30;;/h5-6,9-10,18,20-21,23,31H,7-8,11-17,27H2,1-4H3,(H,28,33);2*1H/t18?,20?,21-,23-;;/m0../s1.